The fraction of sp³-hybridized carbons (Fsp3) is 0.296. The van der Waals surface area contributed by atoms with E-state index in [0.29, 0.717) is 23.0 Å². The molecule has 2 aromatic carbocycles. The van der Waals surface area contributed by atoms with E-state index in [1.165, 1.54) is 11.6 Å². The fourth-order valence-electron chi connectivity index (χ4n) is 4.92. The molecule has 36 heavy (non-hydrogen) atoms. The maximum atomic E-state index is 13.2. The van der Waals surface area contributed by atoms with E-state index in [2.05, 4.69) is 29.5 Å². The fourth-order valence-corrected chi connectivity index (χ4v) is 4.92. The molecule has 184 valence electrons. The van der Waals surface area contributed by atoms with Gasteiger partial charge in [0.25, 0.3) is 11.6 Å². The number of hydrogen-bond donors (Lipinski definition) is 1. The molecule has 2 aromatic heterocycles. The van der Waals surface area contributed by atoms with Gasteiger partial charge in [-0.15, -0.1) is 0 Å². The van der Waals surface area contributed by atoms with Gasteiger partial charge in [0, 0.05) is 36.2 Å². The highest BCUT2D eigenvalue weighted by atomic mass is 16.6. The maximum Gasteiger partial charge on any atom is 0.293 e. The Morgan fingerprint density at radius 1 is 1.00 bits per heavy atom. The van der Waals surface area contributed by atoms with Crippen LogP contribution >= 0.6 is 0 Å². The van der Waals surface area contributed by atoms with Crippen LogP contribution < -0.4 is 10.2 Å². The Morgan fingerprint density at radius 3 is 2.47 bits per heavy atom. The van der Waals surface area contributed by atoms with Crippen LogP contribution in [0.5, 0.6) is 0 Å². The largest absolute Gasteiger partial charge is 0.366 e. The van der Waals surface area contributed by atoms with Crippen molar-refractivity contribution in [1.29, 1.82) is 0 Å². The molecule has 0 radical (unpaired) electrons. The lowest BCUT2D eigenvalue weighted by atomic mass is 10.0. The number of aryl methyl sites for hydroxylation is 4. The smallest absolute Gasteiger partial charge is 0.293 e. The summed E-state index contributed by atoms with van der Waals surface area (Å²) in [7, 11) is 0. The lowest BCUT2D eigenvalue weighted by Gasteiger charge is -2.18. The van der Waals surface area contributed by atoms with Crippen molar-refractivity contribution in [3.63, 3.8) is 0 Å². The second kappa shape index (κ2) is 9.07. The second-order valence-corrected chi connectivity index (χ2v) is 9.47. The highest BCUT2D eigenvalue weighted by molar-refractivity contribution is 6.05. The molecule has 0 bridgehead atoms. The van der Waals surface area contributed by atoms with Crippen LogP contribution in [0.3, 0.4) is 0 Å². The predicted octanol–water partition coefficient (Wildman–Crippen LogP) is 5.41. The van der Waals surface area contributed by atoms with E-state index in [-0.39, 0.29) is 11.3 Å². The standard InChI is InChI=1S/C27H28N6O3/c1-16-11-18(3)26-21(12-16)17(2)13-24(28-26)32-25(14-19(4)30-32)29-27(34)20-7-8-22(23(15-20)33(35)36)31-9-5-6-10-31/h7-8,11-15H,5-6,9-10H2,1-4H3,(H,29,34). The zero-order valence-corrected chi connectivity index (χ0v) is 20.8. The minimum absolute atomic E-state index is 0.0631. The summed E-state index contributed by atoms with van der Waals surface area (Å²) in [5, 5.41) is 20.3. The molecular formula is C27H28N6O3. The number of aromatic nitrogens is 3. The van der Waals surface area contributed by atoms with Gasteiger partial charge in [-0.25, -0.2) is 4.98 Å². The molecule has 0 spiro atoms. The van der Waals surface area contributed by atoms with Crippen LogP contribution in [0.25, 0.3) is 16.7 Å². The minimum Gasteiger partial charge on any atom is -0.366 e. The molecule has 0 unspecified atom stereocenters. The van der Waals surface area contributed by atoms with E-state index >= 15 is 0 Å². The highest BCUT2D eigenvalue weighted by Gasteiger charge is 2.24. The van der Waals surface area contributed by atoms with Gasteiger partial charge in [-0.1, -0.05) is 11.6 Å². The Bertz CT molecular complexity index is 1520. The topological polar surface area (TPSA) is 106 Å². The van der Waals surface area contributed by atoms with Crippen LogP contribution in [-0.2, 0) is 0 Å². The van der Waals surface area contributed by atoms with E-state index in [1.807, 2.05) is 31.7 Å². The number of anilines is 2. The van der Waals surface area contributed by atoms with Gasteiger partial charge in [-0.3, -0.25) is 14.9 Å². The zero-order valence-electron chi connectivity index (χ0n) is 20.8. The highest BCUT2D eigenvalue weighted by Crippen LogP contribution is 2.32. The number of nitro groups is 1. The predicted molar refractivity (Wildman–Crippen MR) is 140 cm³/mol. The third-order valence-electron chi connectivity index (χ3n) is 6.61. The molecule has 9 nitrogen and oxygen atoms in total. The monoisotopic (exact) mass is 484 g/mol. The summed E-state index contributed by atoms with van der Waals surface area (Å²) in [5.74, 6) is 0.585. The Hall–Kier alpha value is -4.27. The van der Waals surface area contributed by atoms with Gasteiger partial charge in [0.2, 0.25) is 0 Å². The van der Waals surface area contributed by atoms with Gasteiger partial charge in [0.1, 0.15) is 11.5 Å². The Labute approximate surface area is 208 Å². The van der Waals surface area contributed by atoms with Crippen molar-refractivity contribution in [2.75, 3.05) is 23.3 Å². The van der Waals surface area contributed by atoms with Crippen LogP contribution in [0.15, 0.2) is 42.5 Å². The lowest BCUT2D eigenvalue weighted by Crippen LogP contribution is -2.20. The van der Waals surface area contributed by atoms with E-state index in [0.717, 1.165) is 48.0 Å². The van der Waals surface area contributed by atoms with E-state index < -0.39 is 10.8 Å². The number of hydrogen-bond acceptors (Lipinski definition) is 6. The van der Waals surface area contributed by atoms with E-state index in [9.17, 15) is 14.9 Å². The summed E-state index contributed by atoms with van der Waals surface area (Å²) in [6.07, 6.45) is 2.01. The third-order valence-corrected chi connectivity index (χ3v) is 6.61. The van der Waals surface area contributed by atoms with Crippen molar-refractivity contribution in [3.8, 4) is 5.82 Å². The average Bonchev–Trinajstić information content (AvgIpc) is 3.49. The molecule has 1 aliphatic heterocycles. The summed E-state index contributed by atoms with van der Waals surface area (Å²) in [4.78, 5) is 31.4. The molecule has 5 rings (SSSR count). The molecule has 1 aliphatic rings. The molecule has 0 atom stereocenters. The number of rotatable bonds is 5. The molecule has 0 aliphatic carbocycles. The van der Waals surface area contributed by atoms with Gasteiger partial charge in [-0.2, -0.15) is 9.78 Å². The first kappa shape index (κ1) is 23.5. The van der Waals surface area contributed by atoms with Crippen LogP contribution in [0.4, 0.5) is 17.2 Å². The van der Waals surface area contributed by atoms with Crippen molar-refractivity contribution in [1.82, 2.24) is 14.8 Å². The Balaban J connectivity index is 1.50. The molecule has 3 heterocycles. The summed E-state index contributed by atoms with van der Waals surface area (Å²) >= 11 is 0. The van der Waals surface area contributed by atoms with Crippen molar-refractivity contribution >= 4 is 34.0 Å². The first-order valence-electron chi connectivity index (χ1n) is 12.0. The number of nitro benzene ring substituents is 1. The Morgan fingerprint density at radius 2 is 1.75 bits per heavy atom. The van der Waals surface area contributed by atoms with Crippen molar-refractivity contribution in [2.45, 2.75) is 40.5 Å². The number of benzene rings is 2. The first-order chi connectivity index (χ1) is 17.2. The SMILES string of the molecule is Cc1cc(C)c2nc(-n3nc(C)cc3NC(=O)c3ccc(N4CCCC4)c([N+](=O)[O-])c3)cc(C)c2c1. The van der Waals surface area contributed by atoms with Crippen LogP contribution in [0.1, 0.15) is 45.6 Å². The molecule has 1 fully saturated rings. The lowest BCUT2D eigenvalue weighted by molar-refractivity contribution is -0.384. The van der Waals surface area contributed by atoms with Gasteiger partial charge in [-0.05, 0) is 75.9 Å². The number of nitrogens with one attached hydrogen (secondary N) is 1. The number of carbonyl (C=O) groups excluding carboxylic acids is 1. The van der Waals surface area contributed by atoms with Crippen LogP contribution in [0.2, 0.25) is 0 Å². The van der Waals surface area contributed by atoms with Gasteiger partial charge >= 0.3 is 0 Å². The van der Waals surface area contributed by atoms with E-state index in [1.54, 1.807) is 22.9 Å². The number of pyridine rings is 1. The number of amides is 1. The molecule has 1 amide bonds. The number of nitrogens with zero attached hydrogens (tertiary/aromatic N) is 5. The summed E-state index contributed by atoms with van der Waals surface area (Å²) < 4.78 is 1.60. The van der Waals surface area contributed by atoms with Gasteiger partial charge < -0.3 is 10.2 Å². The molecule has 4 aromatic rings. The van der Waals surface area contributed by atoms with Crippen LogP contribution in [-0.4, -0.2) is 38.7 Å². The number of carbonyl (C=O) groups is 1. The quantitative estimate of drug-likeness (QED) is 0.300. The van der Waals surface area contributed by atoms with Crippen molar-refractivity contribution < 1.29 is 9.72 Å². The molecule has 1 saturated heterocycles. The first-order valence-corrected chi connectivity index (χ1v) is 12.0. The number of fused-ring (bicyclic) bond motifs is 1. The normalized spacial score (nSPS) is 13.4. The molecule has 9 heteroatoms. The van der Waals surface area contributed by atoms with Crippen LogP contribution in [0, 0.1) is 37.8 Å². The van der Waals surface area contributed by atoms with Crippen molar-refractivity contribution in [2.24, 2.45) is 0 Å². The average molecular weight is 485 g/mol. The molecular weight excluding hydrogens is 456 g/mol. The molecule has 1 N–H and O–H groups in total. The van der Waals surface area contributed by atoms with Crippen molar-refractivity contribution in [3.05, 3.63) is 80.5 Å². The Kier molecular flexibility index (Phi) is 5.91. The summed E-state index contributed by atoms with van der Waals surface area (Å²) in [6.45, 7) is 9.52. The van der Waals surface area contributed by atoms with Gasteiger partial charge in [0.15, 0.2) is 5.82 Å². The van der Waals surface area contributed by atoms with Gasteiger partial charge in [0.05, 0.1) is 16.1 Å². The minimum atomic E-state index is -0.448. The maximum absolute atomic E-state index is 13.2. The zero-order chi connectivity index (χ0) is 25.6. The second-order valence-electron chi connectivity index (χ2n) is 9.47. The molecule has 0 saturated carbocycles. The third kappa shape index (κ3) is 4.28. The summed E-state index contributed by atoms with van der Waals surface area (Å²) in [6, 6.07) is 12.6. The van der Waals surface area contributed by atoms with E-state index in [4.69, 9.17) is 4.98 Å². The summed E-state index contributed by atoms with van der Waals surface area (Å²) in [5.41, 5.74) is 5.59.